The van der Waals surface area contributed by atoms with Crippen LogP contribution in [0.2, 0.25) is 0 Å². The fraction of sp³-hybridized carbons (Fsp3) is 0.333. The zero-order valence-electron chi connectivity index (χ0n) is 29.2. The summed E-state index contributed by atoms with van der Waals surface area (Å²) in [4.78, 5) is 24.8. The number of carbonyl (C=O) groups excluding carboxylic acids is 2. The highest BCUT2D eigenvalue weighted by Crippen LogP contribution is 2.56. The summed E-state index contributed by atoms with van der Waals surface area (Å²) in [6.07, 6.45) is -11.9. The van der Waals surface area contributed by atoms with Crippen LogP contribution >= 0.6 is 0 Å². The second kappa shape index (κ2) is 13.8. The molecule has 0 unspecified atom stereocenters. The highest BCUT2D eigenvalue weighted by atomic mass is 19.4. The van der Waals surface area contributed by atoms with Crippen molar-refractivity contribution in [3.63, 3.8) is 0 Å². The third-order valence-corrected chi connectivity index (χ3v) is 8.11. The van der Waals surface area contributed by atoms with Crippen LogP contribution in [0.1, 0.15) is 63.8 Å². The number of halogens is 10. The lowest BCUT2D eigenvalue weighted by Crippen LogP contribution is -2.54. The van der Waals surface area contributed by atoms with Gasteiger partial charge in [-0.2, -0.15) is 43.9 Å². The van der Waals surface area contributed by atoms with E-state index in [1.807, 2.05) is 0 Å². The van der Waals surface area contributed by atoms with Crippen LogP contribution in [0, 0.1) is 5.41 Å². The maximum absolute atomic E-state index is 15.2. The molecule has 0 fully saturated rings. The first-order valence-electron chi connectivity index (χ1n) is 15.9. The average molecular weight is 757 g/mol. The van der Waals surface area contributed by atoms with Crippen molar-refractivity contribution in [2.45, 2.75) is 76.8 Å². The Hall–Kier alpha value is -4.88. The summed E-state index contributed by atoms with van der Waals surface area (Å²) in [5.41, 5.74) is -10.0. The number of rotatable bonds is 9. The zero-order chi connectivity index (χ0) is 40.0. The predicted molar refractivity (Wildman–Crippen MR) is 176 cm³/mol. The minimum atomic E-state index is -5.94. The molecule has 0 atom stereocenters. The first-order chi connectivity index (χ1) is 24.1. The van der Waals surface area contributed by atoms with E-state index in [2.05, 4.69) is 4.74 Å². The highest BCUT2D eigenvalue weighted by molar-refractivity contribution is 5.91. The Balaban J connectivity index is 1.57. The molecule has 4 aromatic carbocycles. The summed E-state index contributed by atoms with van der Waals surface area (Å²) in [6, 6.07) is 13.6. The summed E-state index contributed by atoms with van der Waals surface area (Å²) >= 11 is 0. The molecule has 0 N–H and O–H groups in total. The van der Waals surface area contributed by atoms with E-state index in [1.54, 1.807) is 20.8 Å². The van der Waals surface area contributed by atoms with Crippen molar-refractivity contribution in [2.75, 3.05) is 0 Å². The number of Topliss-reactive ketones (excluding diaryl/α,β-unsaturated/α-hetero) is 1. The van der Waals surface area contributed by atoms with E-state index >= 15 is 8.78 Å². The number of benzene rings is 4. The van der Waals surface area contributed by atoms with Crippen LogP contribution in [0.4, 0.5) is 43.9 Å². The lowest BCUT2D eigenvalue weighted by molar-refractivity contribution is -0.288. The third-order valence-electron chi connectivity index (χ3n) is 8.11. The monoisotopic (exact) mass is 756 g/mol. The van der Waals surface area contributed by atoms with Crippen LogP contribution in [0.3, 0.4) is 0 Å². The van der Waals surface area contributed by atoms with Gasteiger partial charge in [0.25, 0.3) is 0 Å². The second-order valence-corrected chi connectivity index (χ2v) is 14.3. The molecular weight excluding hydrogens is 722 g/mol. The van der Waals surface area contributed by atoms with Gasteiger partial charge in [-0.05, 0) is 67.3 Å². The maximum Gasteiger partial charge on any atom is 0.411 e. The van der Waals surface area contributed by atoms with Crippen LogP contribution < -0.4 is 9.47 Å². The smallest absolute Gasteiger partial charge is 0.411 e. The number of ketones is 1. The highest BCUT2D eigenvalue weighted by Gasteiger charge is 2.72. The Kier molecular flexibility index (Phi) is 10.7. The van der Waals surface area contributed by atoms with Crippen LogP contribution in [-0.4, -0.2) is 29.7 Å². The van der Waals surface area contributed by atoms with Crippen molar-refractivity contribution in [3.8, 4) is 22.6 Å². The van der Waals surface area contributed by atoms with Gasteiger partial charge in [-0.3, -0.25) is 4.79 Å². The molecule has 0 aliphatic heterocycles. The van der Waals surface area contributed by atoms with Crippen molar-refractivity contribution in [1.29, 1.82) is 0 Å². The molecule has 0 bridgehead atoms. The number of hydrogen-bond donors (Lipinski definition) is 0. The quantitative estimate of drug-likeness (QED) is 0.0969. The van der Waals surface area contributed by atoms with Gasteiger partial charge in [0, 0.05) is 16.5 Å². The normalized spacial score (nSPS) is 13.4. The molecule has 0 spiro atoms. The first-order valence-corrected chi connectivity index (χ1v) is 15.9. The van der Waals surface area contributed by atoms with Crippen molar-refractivity contribution in [1.82, 2.24) is 0 Å². The van der Waals surface area contributed by atoms with Crippen molar-refractivity contribution < 1.29 is 63.0 Å². The van der Waals surface area contributed by atoms with E-state index in [0.29, 0.717) is 42.0 Å². The molecule has 14 heteroatoms. The van der Waals surface area contributed by atoms with Crippen LogP contribution in [0.5, 0.6) is 11.5 Å². The fourth-order valence-corrected chi connectivity index (χ4v) is 5.52. The number of esters is 1. The molecule has 0 amide bonds. The molecule has 4 nitrogen and oxygen atoms in total. The summed E-state index contributed by atoms with van der Waals surface area (Å²) in [5, 5.41) is 0. The Morgan fingerprint density at radius 1 is 0.453 bits per heavy atom. The summed E-state index contributed by atoms with van der Waals surface area (Å²) in [6.45, 7) is 8.96. The number of ether oxygens (including phenoxy) is 2. The molecule has 0 aliphatic rings. The van der Waals surface area contributed by atoms with Crippen molar-refractivity contribution in [2.24, 2.45) is 5.41 Å². The van der Waals surface area contributed by atoms with E-state index in [1.165, 1.54) is 32.9 Å². The zero-order valence-corrected chi connectivity index (χ0v) is 29.2. The van der Waals surface area contributed by atoms with Gasteiger partial charge in [0.05, 0.1) is 0 Å². The van der Waals surface area contributed by atoms with Crippen LogP contribution in [-0.2, 0) is 26.8 Å². The lowest BCUT2D eigenvalue weighted by atomic mass is 9.73. The minimum Gasteiger partial charge on any atom is -0.488 e. The predicted octanol–water partition coefficient (Wildman–Crippen LogP) is 11.3. The molecule has 4 rings (SSSR count). The first kappa shape index (κ1) is 40.9. The Bertz CT molecular complexity index is 1900. The van der Waals surface area contributed by atoms with E-state index in [4.69, 9.17) is 4.74 Å². The van der Waals surface area contributed by atoms with Gasteiger partial charge in [0.2, 0.25) is 11.2 Å². The standard InChI is InChI=1S/C39H34F10O4/c1-33(2,3)31(50)36(40,41)27-11-7-23(8-12-27)24-9-13-28(14-10-24)37(42,43)32(51)52-29-19-15-25(16-20-29)35(38(44,45)46,39(47,48)49)26-17-21-30(22-18-26)53-34(4,5)6/h7-22H,1-6H3. The number of alkyl halides is 10. The largest absolute Gasteiger partial charge is 0.488 e. The molecule has 0 saturated heterocycles. The van der Waals surface area contributed by atoms with Gasteiger partial charge in [0.1, 0.15) is 17.1 Å². The molecule has 53 heavy (non-hydrogen) atoms. The minimum absolute atomic E-state index is 0.0177. The number of carbonyl (C=O) groups is 2. The van der Waals surface area contributed by atoms with Crippen LogP contribution in [0.25, 0.3) is 11.1 Å². The molecule has 0 saturated carbocycles. The lowest BCUT2D eigenvalue weighted by Gasteiger charge is -2.38. The van der Waals surface area contributed by atoms with E-state index in [9.17, 15) is 44.7 Å². The summed E-state index contributed by atoms with van der Waals surface area (Å²) in [5.74, 6) is -12.3. The molecule has 0 radical (unpaired) electrons. The van der Waals surface area contributed by atoms with Gasteiger partial charge >= 0.3 is 30.2 Å². The Morgan fingerprint density at radius 3 is 1.13 bits per heavy atom. The van der Waals surface area contributed by atoms with Gasteiger partial charge in [0.15, 0.2) is 0 Å². The van der Waals surface area contributed by atoms with Gasteiger partial charge < -0.3 is 9.47 Å². The topological polar surface area (TPSA) is 52.6 Å². The molecule has 284 valence electrons. The summed E-state index contributed by atoms with van der Waals surface area (Å²) < 4.78 is 157. The molecule has 0 aromatic heterocycles. The van der Waals surface area contributed by atoms with Gasteiger partial charge in [-0.1, -0.05) is 93.6 Å². The van der Waals surface area contributed by atoms with Crippen LogP contribution in [0.15, 0.2) is 97.1 Å². The Morgan fingerprint density at radius 2 is 0.792 bits per heavy atom. The van der Waals surface area contributed by atoms with E-state index < -0.39 is 80.4 Å². The van der Waals surface area contributed by atoms with Gasteiger partial charge in [-0.15, -0.1) is 0 Å². The second-order valence-electron chi connectivity index (χ2n) is 14.3. The maximum atomic E-state index is 15.2. The van der Waals surface area contributed by atoms with Gasteiger partial charge in [-0.25, -0.2) is 4.79 Å². The van der Waals surface area contributed by atoms with Crippen molar-refractivity contribution in [3.05, 3.63) is 119 Å². The molecule has 0 heterocycles. The van der Waals surface area contributed by atoms with Crippen molar-refractivity contribution >= 4 is 11.8 Å². The Labute approximate surface area is 298 Å². The SMILES string of the molecule is CC(C)(C)Oc1ccc(C(c2ccc(OC(=O)C(F)(F)c3ccc(-c4ccc(C(F)(F)C(=O)C(C)(C)C)cc4)cc3)cc2)(C(F)(F)F)C(F)(F)F)cc1. The molecule has 0 aliphatic carbocycles. The molecular formula is C39H34F10O4. The summed E-state index contributed by atoms with van der Waals surface area (Å²) in [7, 11) is 0. The third kappa shape index (κ3) is 8.21. The van der Waals surface area contributed by atoms with E-state index in [-0.39, 0.29) is 11.3 Å². The fourth-order valence-electron chi connectivity index (χ4n) is 5.52. The van der Waals surface area contributed by atoms with E-state index in [0.717, 1.165) is 48.5 Å². The molecule has 4 aromatic rings. The average Bonchev–Trinajstić information content (AvgIpc) is 3.04. The number of hydrogen-bond acceptors (Lipinski definition) is 4.